The van der Waals surface area contributed by atoms with Gasteiger partial charge in [-0.1, -0.05) is 12.1 Å². The number of amides is 1. The van der Waals surface area contributed by atoms with Crippen molar-refractivity contribution >= 4 is 11.9 Å². The lowest BCUT2D eigenvalue weighted by atomic mass is 10.0. The Kier molecular flexibility index (Phi) is 4.24. The molecule has 20 heavy (non-hydrogen) atoms. The Morgan fingerprint density at radius 3 is 2.95 bits per heavy atom. The molecule has 1 aliphatic heterocycles. The second kappa shape index (κ2) is 5.92. The summed E-state index contributed by atoms with van der Waals surface area (Å²) in [6.07, 6.45) is -0.227. The van der Waals surface area contributed by atoms with Gasteiger partial charge in [0.15, 0.2) is 0 Å². The highest BCUT2D eigenvalue weighted by Crippen LogP contribution is 2.27. The maximum Gasteiger partial charge on any atom is 0.305 e. The predicted octanol–water partition coefficient (Wildman–Crippen LogP) is 0.728. The molecule has 6 nitrogen and oxygen atoms in total. The Labute approximate surface area is 117 Å². The molecule has 2 atom stereocenters. The lowest BCUT2D eigenvalue weighted by Gasteiger charge is -2.38. The van der Waals surface area contributed by atoms with Gasteiger partial charge in [0.25, 0.3) is 0 Å². The molecule has 6 heteroatoms. The predicted molar refractivity (Wildman–Crippen MR) is 72.3 cm³/mol. The summed E-state index contributed by atoms with van der Waals surface area (Å²) in [4.78, 5) is 24.7. The molecule has 0 radical (unpaired) electrons. The van der Waals surface area contributed by atoms with Crippen LogP contribution in [0.15, 0.2) is 24.3 Å². The zero-order valence-corrected chi connectivity index (χ0v) is 11.2. The monoisotopic (exact) mass is 278 g/mol. The van der Waals surface area contributed by atoms with Crippen LogP contribution in [0, 0.1) is 0 Å². The first-order chi connectivity index (χ1) is 9.49. The molecule has 0 aromatic heterocycles. The fraction of sp³-hybridized carbons (Fsp3) is 0.429. The Hall–Kier alpha value is -2.08. The van der Waals surface area contributed by atoms with Crippen molar-refractivity contribution in [2.75, 3.05) is 13.1 Å². The van der Waals surface area contributed by atoms with E-state index in [1.165, 1.54) is 0 Å². The number of aromatic hydroxyl groups is 1. The lowest BCUT2D eigenvalue weighted by Crippen LogP contribution is -2.56. The maximum atomic E-state index is 11.9. The fourth-order valence-corrected chi connectivity index (χ4v) is 2.55. The van der Waals surface area contributed by atoms with Gasteiger partial charge < -0.3 is 15.5 Å². The average molecular weight is 278 g/mol. The molecule has 108 valence electrons. The van der Waals surface area contributed by atoms with E-state index in [0.29, 0.717) is 13.1 Å². The Morgan fingerprint density at radius 1 is 1.55 bits per heavy atom. The number of carbonyl (C=O) groups is 2. The van der Waals surface area contributed by atoms with Gasteiger partial charge in [-0.2, -0.15) is 0 Å². The van der Waals surface area contributed by atoms with E-state index in [1.807, 2.05) is 17.9 Å². The number of carbonyl (C=O) groups excluding carboxylic acids is 1. The number of benzene rings is 1. The van der Waals surface area contributed by atoms with Crippen LogP contribution in [0.1, 0.15) is 24.9 Å². The van der Waals surface area contributed by atoms with Crippen molar-refractivity contribution < 1.29 is 19.8 Å². The summed E-state index contributed by atoms with van der Waals surface area (Å²) in [6, 6.07) is 5.98. The van der Waals surface area contributed by atoms with E-state index in [4.69, 9.17) is 5.11 Å². The van der Waals surface area contributed by atoms with Gasteiger partial charge in [0.1, 0.15) is 11.8 Å². The zero-order chi connectivity index (χ0) is 14.7. The van der Waals surface area contributed by atoms with E-state index < -0.39 is 12.0 Å². The number of nitrogens with one attached hydrogen (secondary N) is 1. The first-order valence-corrected chi connectivity index (χ1v) is 6.53. The molecule has 1 aromatic carbocycles. The molecule has 1 aromatic rings. The van der Waals surface area contributed by atoms with Crippen molar-refractivity contribution in [1.82, 2.24) is 10.2 Å². The molecule has 1 amide bonds. The number of phenols is 1. The molecule has 2 rings (SSSR count). The van der Waals surface area contributed by atoms with Gasteiger partial charge in [-0.3, -0.25) is 14.5 Å². The molecular formula is C14H18N2O4. The minimum Gasteiger partial charge on any atom is -0.508 e. The van der Waals surface area contributed by atoms with Crippen LogP contribution in [-0.4, -0.2) is 46.1 Å². The van der Waals surface area contributed by atoms with Crippen molar-refractivity contribution in [3.05, 3.63) is 29.8 Å². The second-order valence-electron chi connectivity index (χ2n) is 4.91. The Bertz CT molecular complexity index is 518. The molecule has 0 bridgehead atoms. The quantitative estimate of drug-likeness (QED) is 0.755. The van der Waals surface area contributed by atoms with E-state index in [0.717, 1.165) is 5.56 Å². The number of carboxylic acid groups (broad SMARTS) is 1. The van der Waals surface area contributed by atoms with Crippen LogP contribution < -0.4 is 5.32 Å². The summed E-state index contributed by atoms with van der Waals surface area (Å²) in [7, 11) is 0. The number of hydrogen-bond acceptors (Lipinski definition) is 4. The summed E-state index contributed by atoms with van der Waals surface area (Å²) in [5, 5.41) is 21.2. The van der Waals surface area contributed by atoms with Gasteiger partial charge in [0.05, 0.1) is 6.42 Å². The number of hydrogen-bond donors (Lipinski definition) is 3. The highest BCUT2D eigenvalue weighted by molar-refractivity contribution is 5.86. The van der Waals surface area contributed by atoms with Gasteiger partial charge in [-0.05, 0) is 24.6 Å². The van der Waals surface area contributed by atoms with Gasteiger partial charge in [0.2, 0.25) is 5.91 Å². The van der Waals surface area contributed by atoms with Crippen LogP contribution in [0.2, 0.25) is 0 Å². The standard InChI is InChI=1S/C14H18N2O4/c1-9(10-3-2-4-11(17)7-10)16-6-5-15-14(20)12(16)8-13(18)19/h2-4,7,9,12,17H,5-6,8H2,1H3,(H,15,20)(H,18,19). The molecule has 0 saturated carbocycles. The van der Waals surface area contributed by atoms with Crippen molar-refractivity contribution in [2.24, 2.45) is 0 Å². The molecule has 1 heterocycles. The minimum atomic E-state index is -1.000. The highest BCUT2D eigenvalue weighted by Gasteiger charge is 2.34. The van der Waals surface area contributed by atoms with E-state index in [9.17, 15) is 14.7 Å². The third-order valence-corrected chi connectivity index (χ3v) is 3.59. The number of phenolic OH excluding ortho intramolecular Hbond substituents is 1. The van der Waals surface area contributed by atoms with Crippen molar-refractivity contribution in [3.63, 3.8) is 0 Å². The van der Waals surface area contributed by atoms with Gasteiger partial charge >= 0.3 is 5.97 Å². The maximum absolute atomic E-state index is 11.9. The topological polar surface area (TPSA) is 89.9 Å². The highest BCUT2D eigenvalue weighted by atomic mass is 16.4. The fourth-order valence-electron chi connectivity index (χ4n) is 2.55. The van der Waals surface area contributed by atoms with Crippen LogP contribution in [0.4, 0.5) is 0 Å². The molecule has 0 aliphatic carbocycles. The Balaban J connectivity index is 2.23. The smallest absolute Gasteiger partial charge is 0.305 e. The third kappa shape index (κ3) is 3.08. The summed E-state index contributed by atoms with van der Waals surface area (Å²) in [6.45, 7) is 2.99. The zero-order valence-electron chi connectivity index (χ0n) is 11.2. The molecule has 1 fully saturated rings. The van der Waals surface area contributed by atoms with Crippen molar-refractivity contribution in [3.8, 4) is 5.75 Å². The van der Waals surface area contributed by atoms with Crippen LogP contribution >= 0.6 is 0 Å². The van der Waals surface area contributed by atoms with Crippen LogP contribution in [0.5, 0.6) is 5.75 Å². The summed E-state index contributed by atoms with van der Waals surface area (Å²) in [5.41, 5.74) is 0.857. The molecular weight excluding hydrogens is 260 g/mol. The van der Waals surface area contributed by atoms with E-state index >= 15 is 0 Å². The average Bonchev–Trinajstić information content (AvgIpc) is 2.40. The first kappa shape index (κ1) is 14.3. The largest absolute Gasteiger partial charge is 0.508 e. The second-order valence-corrected chi connectivity index (χ2v) is 4.91. The molecule has 1 saturated heterocycles. The van der Waals surface area contributed by atoms with Crippen molar-refractivity contribution in [2.45, 2.75) is 25.4 Å². The molecule has 1 aliphatic rings. The molecule has 2 unspecified atom stereocenters. The minimum absolute atomic E-state index is 0.141. The number of nitrogens with zero attached hydrogens (tertiary/aromatic N) is 1. The lowest BCUT2D eigenvalue weighted by molar-refractivity contribution is -0.143. The van der Waals surface area contributed by atoms with Crippen LogP contribution in [0.3, 0.4) is 0 Å². The normalized spacial score (nSPS) is 21.2. The van der Waals surface area contributed by atoms with Gasteiger partial charge in [0, 0.05) is 19.1 Å². The van der Waals surface area contributed by atoms with Gasteiger partial charge in [-0.15, -0.1) is 0 Å². The number of rotatable bonds is 4. The van der Waals surface area contributed by atoms with E-state index in [2.05, 4.69) is 5.32 Å². The summed E-state index contributed by atoms with van der Waals surface area (Å²) >= 11 is 0. The van der Waals surface area contributed by atoms with Gasteiger partial charge in [-0.25, -0.2) is 0 Å². The third-order valence-electron chi connectivity index (χ3n) is 3.59. The number of aliphatic carboxylic acids is 1. The SMILES string of the molecule is CC(c1cccc(O)c1)N1CCNC(=O)C1CC(=O)O. The van der Waals surface area contributed by atoms with Crippen LogP contribution in [-0.2, 0) is 9.59 Å². The summed E-state index contributed by atoms with van der Waals surface area (Å²) < 4.78 is 0. The number of carboxylic acids is 1. The van der Waals surface area contributed by atoms with E-state index in [1.54, 1.807) is 18.2 Å². The van der Waals surface area contributed by atoms with Crippen molar-refractivity contribution in [1.29, 1.82) is 0 Å². The number of piperazine rings is 1. The van der Waals surface area contributed by atoms with Crippen LogP contribution in [0.25, 0.3) is 0 Å². The first-order valence-electron chi connectivity index (χ1n) is 6.53. The van der Waals surface area contributed by atoms with E-state index in [-0.39, 0.29) is 24.1 Å². The summed E-state index contributed by atoms with van der Waals surface area (Å²) in [5.74, 6) is -1.10. The molecule has 3 N–H and O–H groups in total. The molecule has 0 spiro atoms. The Morgan fingerprint density at radius 2 is 2.30 bits per heavy atom.